The number of benzene rings is 2. The molecule has 0 aromatic heterocycles. The van der Waals surface area contributed by atoms with Gasteiger partial charge in [-0.2, -0.15) is 27.4 Å². The van der Waals surface area contributed by atoms with Gasteiger partial charge in [-0.3, -0.25) is 14.9 Å². The van der Waals surface area contributed by atoms with E-state index in [1.54, 1.807) is 0 Å². The van der Waals surface area contributed by atoms with E-state index < -0.39 is 31.3 Å². The molecule has 7 N–H and O–H groups in total. The van der Waals surface area contributed by atoms with Gasteiger partial charge in [0, 0.05) is 35.1 Å². The summed E-state index contributed by atoms with van der Waals surface area (Å²) in [5.74, 6) is 5.56. The van der Waals surface area contributed by atoms with E-state index in [1.807, 2.05) is 0 Å². The van der Waals surface area contributed by atoms with Gasteiger partial charge < -0.3 is 5.73 Å². The number of hydrogen-bond donors (Lipinski definition) is 5. The van der Waals surface area contributed by atoms with Crippen molar-refractivity contribution in [2.45, 2.75) is 16.0 Å². The zero-order valence-corrected chi connectivity index (χ0v) is 20.2. The fraction of sp³-hybridized carbons (Fsp3) is 0.0667. The molecule has 1 aliphatic rings. The summed E-state index contributed by atoms with van der Waals surface area (Å²) in [5.41, 5.74) is 8.54. The Bertz CT molecular complexity index is 1270. The topological polar surface area (TPSA) is 201 Å². The second-order valence-corrected chi connectivity index (χ2v) is 9.13. The Hall–Kier alpha value is -1.59. The molecule has 2 aromatic carbocycles. The number of anilines is 1. The van der Waals surface area contributed by atoms with Gasteiger partial charge in [0.25, 0.3) is 20.2 Å². The molecule has 0 bridgehead atoms. The van der Waals surface area contributed by atoms with E-state index in [0.717, 1.165) is 6.07 Å². The molecule has 161 valence electrons. The number of hydrazine groups is 2. The zero-order chi connectivity index (χ0) is 22.3. The average molecular weight is 498 g/mol. The Kier molecular flexibility index (Phi) is 7.86. The Morgan fingerprint density at radius 1 is 1.03 bits per heavy atom. The fourth-order valence-electron chi connectivity index (χ4n) is 2.67. The van der Waals surface area contributed by atoms with E-state index in [9.17, 15) is 21.4 Å². The van der Waals surface area contributed by atoms with E-state index in [1.165, 1.54) is 41.4 Å². The van der Waals surface area contributed by atoms with E-state index in [-0.39, 0.29) is 51.3 Å². The molecule has 3 rings (SSSR count). The summed E-state index contributed by atoms with van der Waals surface area (Å²) >= 11 is 6.17. The van der Waals surface area contributed by atoms with Crippen molar-refractivity contribution in [3.8, 4) is 0 Å². The predicted octanol–water partition coefficient (Wildman–Crippen LogP) is 0.116. The molecule has 12 nitrogen and oxygen atoms in total. The van der Waals surface area contributed by atoms with Crippen LogP contribution in [0.4, 0.5) is 5.69 Å². The number of nitrogens with one attached hydrogen (secondary N) is 1. The first-order valence-electron chi connectivity index (χ1n) is 7.94. The molecule has 2 aromatic rings. The molecule has 1 radical (unpaired) electrons. The molecule has 16 heteroatoms. The number of nitrogen functional groups attached to an aromatic ring is 1. The van der Waals surface area contributed by atoms with Crippen molar-refractivity contribution in [1.29, 1.82) is 0 Å². The minimum Gasteiger partial charge on any atom is -0.398 e. The number of nitrogens with two attached hydrogens (primary N) is 2. The number of hydrogen-bond acceptors (Lipinski definition) is 10. The third-order valence-corrected chi connectivity index (χ3v) is 6.11. The Morgan fingerprint density at radius 3 is 2.13 bits per heavy atom. The fourth-order valence-corrected chi connectivity index (χ4v) is 3.96. The van der Waals surface area contributed by atoms with E-state index >= 15 is 0 Å². The van der Waals surface area contributed by atoms with Crippen molar-refractivity contribution in [2.24, 2.45) is 15.8 Å². The summed E-state index contributed by atoms with van der Waals surface area (Å²) in [5, 5.41) is 1.06. The third kappa shape index (κ3) is 5.61. The molecule has 1 unspecified atom stereocenters. The quantitative estimate of drug-likeness (QED) is 0.0942. The molecule has 1 atom stereocenters. The van der Waals surface area contributed by atoms with Crippen LogP contribution in [0.15, 0.2) is 62.2 Å². The van der Waals surface area contributed by atoms with Crippen molar-refractivity contribution in [1.82, 2.24) is 10.5 Å². The maximum atomic E-state index is 11.3. The van der Waals surface area contributed by atoms with Crippen molar-refractivity contribution >= 4 is 78.2 Å². The molecule has 0 saturated heterocycles. The Labute approximate surface area is 204 Å². The summed E-state index contributed by atoms with van der Waals surface area (Å²) in [4.78, 5) is 7.70. The van der Waals surface area contributed by atoms with Gasteiger partial charge in [-0.05, 0) is 47.5 Å². The van der Waals surface area contributed by atoms with Gasteiger partial charge in [0.05, 0.1) is 10.6 Å². The number of rotatable bonds is 5. The number of halogens is 1. The van der Waals surface area contributed by atoms with Crippen molar-refractivity contribution in [2.75, 3.05) is 5.73 Å². The molecule has 0 spiro atoms. The van der Waals surface area contributed by atoms with E-state index in [2.05, 4.69) is 15.5 Å². The minimum absolute atomic E-state index is 0. The molecule has 31 heavy (non-hydrogen) atoms. The monoisotopic (exact) mass is 497 g/mol. The molecular formula is C15H15ClN6NaO6S2. The van der Waals surface area contributed by atoms with Crippen LogP contribution in [0.5, 0.6) is 0 Å². The summed E-state index contributed by atoms with van der Waals surface area (Å²) < 4.78 is 63.4. The molecule has 0 saturated carbocycles. The van der Waals surface area contributed by atoms with Crippen LogP contribution in [0.2, 0.25) is 0 Å². The Balaban J connectivity index is 0.00000341. The van der Waals surface area contributed by atoms with Crippen molar-refractivity contribution in [3.63, 3.8) is 0 Å². The van der Waals surface area contributed by atoms with Gasteiger partial charge >= 0.3 is 0 Å². The van der Waals surface area contributed by atoms with Crippen LogP contribution < -0.4 is 17.1 Å². The van der Waals surface area contributed by atoms with Crippen LogP contribution in [0.1, 0.15) is 17.3 Å². The summed E-state index contributed by atoms with van der Waals surface area (Å²) in [6, 6.07) is 8.81. The molecule has 1 aliphatic heterocycles. The SMILES string of the molecule is NNN1C(Cl)=NC(c2ccc(S(=O)(=O)O)c(N)c2)=NC1c1ccc(S(=O)(=O)O)cc1.[Na]. The minimum atomic E-state index is -4.51. The predicted molar refractivity (Wildman–Crippen MR) is 114 cm³/mol. The standard InChI is InChI=1S/C15H15ClN6O6S2.Na/c16-15-20-13(9-3-6-12(11(17)7-9)30(26,27)28)19-14(22(15)21-18)8-1-4-10(5-2-8)29(23,24)25;/h1-7,14,21H,17-18H2,(H,23,24,25)(H,26,27,28);. The normalized spacial score (nSPS) is 16.9. The van der Waals surface area contributed by atoms with Crippen LogP contribution in [0, 0.1) is 0 Å². The maximum absolute atomic E-state index is 11.3. The molecule has 1 heterocycles. The summed E-state index contributed by atoms with van der Waals surface area (Å²) in [6.45, 7) is 0. The largest absolute Gasteiger partial charge is 0.398 e. The second-order valence-electron chi connectivity index (χ2n) is 5.98. The van der Waals surface area contributed by atoms with Crippen LogP contribution in [-0.2, 0) is 20.2 Å². The molecule has 0 fully saturated rings. The van der Waals surface area contributed by atoms with Crippen LogP contribution in [0.25, 0.3) is 0 Å². The zero-order valence-electron chi connectivity index (χ0n) is 15.8. The molecule has 0 amide bonds. The summed E-state index contributed by atoms with van der Waals surface area (Å²) in [6.07, 6.45) is -0.895. The van der Waals surface area contributed by atoms with Gasteiger partial charge in [-0.25, -0.2) is 10.0 Å². The first-order chi connectivity index (χ1) is 13.9. The molecular weight excluding hydrogens is 483 g/mol. The van der Waals surface area contributed by atoms with Gasteiger partial charge in [0.1, 0.15) is 4.90 Å². The van der Waals surface area contributed by atoms with Gasteiger partial charge in [0.15, 0.2) is 12.0 Å². The maximum Gasteiger partial charge on any atom is 0.296 e. The van der Waals surface area contributed by atoms with Crippen molar-refractivity contribution in [3.05, 3.63) is 53.6 Å². The number of amidine groups is 2. The Morgan fingerprint density at radius 2 is 1.65 bits per heavy atom. The molecule has 0 aliphatic carbocycles. The van der Waals surface area contributed by atoms with Crippen molar-refractivity contribution < 1.29 is 25.9 Å². The smallest absolute Gasteiger partial charge is 0.296 e. The number of nitrogens with zero attached hydrogens (tertiary/aromatic N) is 3. The average Bonchev–Trinajstić information content (AvgIpc) is 2.65. The first kappa shape index (κ1) is 25.7. The van der Waals surface area contributed by atoms with E-state index in [0.29, 0.717) is 11.1 Å². The van der Waals surface area contributed by atoms with Gasteiger partial charge in [-0.1, -0.05) is 12.1 Å². The first-order valence-corrected chi connectivity index (χ1v) is 11.2. The number of aliphatic imine (C=N–C) groups is 2. The van der Waals surface area contributed by atoms with Gasteiger partial charge in [0.2, 0.25) is 5.29 Å². The van der Waals surface area contributed by atoms with Crippen LogP contribution in [-0.4, -0.2) is 71.6 Å². The third-order valence-electron chi connectivity index (χ3n) is 4.05. The van der Waals surface area contributed by atoms with Crippen LogP contribution in [0.3, 0.4) is 0 Å². The second kappa shape index (κ2) is 9.50. The van der Waals surface area contributed by atoms with Crippen LogP contribution >= 0.6 is 11.6 Å². The van der Waals surface area contributed by atoms with Gasteiger partial charge in [-0.15, -0.1) is 0 Å². The summed E-state index contributed by atoms with van der Waals surface area (Å²) in [7, 11) is -8.88. The van der Waals surface area contributed by atoms with E-state index in [4.69, 9.17) is 27.7 Å².